The van der Waals surface area contributed by atoms with Crippen LogP contribution < -0.4 is 10.6 Å². The number of hydrogen-bond donors (Lipinski definition) is 2. The highest BCUT2D eigenvalue weighted by Crippen LogP contribution is 2.35. The summed E-state index contributed by atoms with van der Waals surface area (Å²) in [6, 6.07) is 4.26. The Kier molecular flexibility index (Phi) is 9.43. The van der Waals surface area contributed by atoms with Gasteiger partial charge in [-0.1, -0.05) is 32.1 Å². The molecule has 3 atom stereocenters. The third-order valence-electron chi connectivity index (χ3n) is 7.69. The molecule has 1 saturated carbocycles. The van der Waals surface area contributed by atoms with Crippen molar-refractivity contribution in [2.75, 3.05) is 13.6 Å². The van der Waals surface area contributed by atoms with Crippen molar-refractivity contribution in [2.24, 2.45) is 5.92 Å². The highest BCUT2D eigenvalue weighted by atomic mass is 32.1. The van der Waals surface area contributed by atoms with E-state index in [9.17, 15) is 18.8 Å². The van der Waals surface area contributed by atoms with Crippen LogP contribution in [0.5, 0.6) is 0 Å². The van der Waals surface area contributed by atoms with E-state index in [2.05, 4.69) is 15.6 Å². The molecule has 1 aliphatic carbocycles. The Balaban J connectivity index is 1.59. The second-order valence-corrected chi connectivity index (χ2v) is 11.1. The Morgan fingerprint density at radius 1 is 1.03 bits per heavy atom. The summed E-state index contributed by atoms with van der Waals surface area (Å²) < 4.78 is 13.3. The molecule has 2 fully saturated rings. The van der Waals surface area contributed by atoms with Crippen LogP contribution in [0.15, 0.2) is 29.6 Å². The van der Waals surface area contributed by atoms with E-state index in [0.29, 0.717) is 17.8 Å². The second kappa shape index (κ2) is 12.7. The van der Waals surface area contributed by atoms with E-state index in [4.69, 9.17) is 0 Å². The first-order valence-electron chi connectivity index (χ1n) is 13.4. The number of aromatic nitrogens is 1. The van der Waals surface area contributed by atoms with Gasteiger partial charge in [0.05, 0.1) is 12.1 Å². The Morgan fingerprint density at radius 3 is 2.41 bits per heavy atom. The highest BCUT2D eigenvalue weighted by Gasteiger charge is 2.38. The van der Waals surface area contributed by atoms with Crippen molar-refractivity contribution in [3.8, 4) is 0 Å². The van der Waals surface area contributed by atoms with E-state index >= 15 is 0 Å². The molecule has 2 heterocycles. The maximum absolute atomic E-state index is 14.1. The van der Waals surface area contributed by atoms with Gasteiger partial charge < -0.3 is 15.5 Å². The summed E-state index contributed by atoms with van der Waals surface area (Å²) >= 11 is 1.39. The summed E-state index contributed by atoms with van der Waals surface area (Å²) in [4.78, 5) is 46.5. The number of carbonyl (C=O) groups is 3. The molecule has 2 N–H and O–H groups in total. The number of rotatable bonds is 8. The smallest absolute Gasteiger partial charge is 0.246 e. The highest BCUT2D eigenvalue weighted by molar-refractivity contribution is 7.10. The molecule has 0 bridgehead atoms. The number of benzene rings is 1. The summed E-state index contributed by atoms with van der Waals surface area (Å²) in [7, 11) is 1.74. The van der Waals surface area contributed by atoms with Gasteiger partial charge in [-0.15, -0.1) is 11.3 Å². The molecule has 1 aromatic heterocycles. The molecule has 200 valence electrons. The lowest BCUT2D eigenvalue weighted by Crippen LogP contribution is -2.56. The predicted molar refractivity (Wildman–Crippen MR) is 142 cm³/mol. The van der Waals surface area contributed by atoms with Crippen LogP contribution in [0.2, 0.25) is 0 Å². The van der Waals surface area contributed by atoms with Crippen LogP contribution in [-0.4, -0.2) is 53.2 Å². The fraction of sp³-hybridized carbons (Fsp3) is 0.571. The van der Waals surface area contributed by atoms with Gasteiger partial charge in [0, 0.05) is 17.5 Å². The summed E-state index contributed by atoms with van der Waals surface area (Å²) in [5.41, 5.74) is 0.689. The zero-order valence-corrected chi connectivity index (χ0v) is 22.5. The lowest BCUT2D eigenvalue weighted by Gasteiger charge is -2.37. The maximum atomic E-state index is 14.1. The van der Waals surface area contributed by atoms with Crippen LogP contribution in [-0.2, 0) is 9.59 Å². The molecule has 2 aromatic rings. The largest absolute Gasteiger partial charge is 0.343 e. The number of nitrogens with zero attached hydrogens (tertiary/aromatic N) is 2. The van der Waals surface area contributed by atoms with Crippen LogP contribution in [0, 0.1) is 11.7 Å². The number of likely N-dealkylation sites (N-methyl/N-ethyl adjacent to an activating group) is 1. The van der Waals surface area contributed by atoms with Crippen molar-refractivity contribution in [1.82, 2.24) is 20.5 Å². The predicted octanol–water partition coefficient (Wildman–Crippen LogP) is 4.63. The minimum absolute atomic E-state index is 0.0444. The molecule has 7 nitrogen and oxygen atoms in total. The topological polar surface area (TPSA) is 91.4 Å². The number of thiazole rings is 1. The molecule has 0 spiro atoms. The first-order chi connectivity index (χ1) is 17.9. The Labute approximate surface area is 222 Å². The molecule has 2 aliphatic rings. The monoisotopic (exact) mass is 528 g/mol. The number of ketones is 1. The molecule has 4 rings (SSSR count). The van der Waals surface area contributed by atoms with E-state index in [1.54, 1.807) is 19.4 Å². The van der Waals surface area contributed by atoms with Crippen molar-refractivity contribution >= 4 is 28.9 Å². The van der Waals surface area contributed by atoms with Crippen LogP contribution in [0.3, 0.4) is 0 Å². The van der Waals surface area contributed by atoms with Gasteiger partial charge in [0.1, 0.15) is 22.6 Å². The summed E-state index contributed by atoms with van der Waals surface area (Å²) in [5, 5.41) is 8.51. The molecule has 9 heteroatoms. The van der Waals surface area contributed by atoms with Gasteiger partial charge in [-0.3, -0.25) is 14.4 Å². The van der Waals surface area contributed by atoms with Crippen LogP contribution in [0.1, 0.15) is 91.8 Å². The summed E-state index contributed by atoms with van der Waals surface area (Å²) in [5.74, 6) is -0.754. The fourth-order valence-corrected chi connectivity index (χ4v) is 6.31. The van der Waals surface area contributed by atoms with Crippen LogP contribution in [0.4, 0.5) is 4.39 Å². The third kappa shape index (κ3) is 6.62. The Morgan fingerprint density at radius 2 is 1.70 bits per heavy atom. The van der Waals surface area contributed by atoms with Crippen molar-refractivity contribution < 1.29 is 18.8 Å². The van der Waals surface area contributed by atoms with E-state index in [-0.39, 0.29) is 29.6 Å². The molecule has 1 aliphatic heterocycles. The van der Waals surface area contributed by atoms with E-state index in [1.807, 2.05) is 4.90 Å². The number of carbonyl (C=O) groups excluding carboxylic acids is 3. The first kappa shape index (κ1) is 27.4. The molecule has 0 radical (unpaired) electrons. The van der Waals surface area contributed by atoms with E-state index < -0.39 is 17.9 Å². The lowest BCUT2D eigenvalue weighted by molar-refractivity contribution is -0.141. The number of halogens is 1. The third-order valence-corrected chi connectivity index (χ3v) is 8.64. The Bertz CT molecular complexity index is 1080. The molecule has 37 heavy (non-hydrogen) atoms. The van der Waals surface area contributed by atoms with E-state index in [1.165, 1.54) is 35.6 Å². The van der Waals surface area contributed by atoms with Crippen LogP contribution in [0.25, 0.3) is 0 Å². The first-order valence-corrected chi connectivity index (χ1v) is 14.3. The van der Waals surface area contributed by atoms with Crippen molar-refractivity contribution in [3.63, 3.8) is 0 Å². The van der Waals surface area contributed by atoms with Gasteiger partial charge in [-0.05, 0) is 69.8 Å². The van der Waals surface area contributed by atoms with Gasteiger partial charge in [0.15, 0.2) is 0 Å². The summed E-state index contributed by atoms with van der Waals surface area (Å²) in [6.45, 7) is 2.40. The quantitative estimate of drug-likeness (QED) is 0.488. The van der Waals surface area contributed by atoms with Gasteiger partial charge in [0.2, 0.25) is 17.6 Å². The number of hydrogen-bond acceptors (Lipinski definition) is 6. The minimum Gasteiger partial charge on any atom is -0.343 e. The maximum Gasteiger partial charge on any atom is 0.246 e. The molecule has 0 unspecified atom stereocenters. The summed E-state index contributed by atoms with van der Waals surface area (Å²) in [6.07, 6.45) is 8.79. The lowest BCUT2D eigenvalue weighted by atomic mass is 9.83. The standard InChI is InChI=1S/C28H37FN4O3S/c1-18(30-2)26(35)32-24(19-9-5-3-6-10-19)28(36)33-16-8-4-7-11-23(33)27-31-22(17-37-27)25(34)20-12-14-21(29)15-13-20/h12-15,17-19,23-24,30H,3-11,16H2,1-2H3,(H,32,35)/t18-,23-,24-/m0/s1. The van der Waals surface area contributed by atoms with Gasteiger partial charge in [0.25, 0.3) is 0 Å². The van der Waals surface area contributed by atoms with E-state index in [0.717, 1.165) is 62.8 Å². The molecular formula is C28H37FN4O3S. The minimum atomic E-state index is -0.565. The normalized spacial score (nSPS) is 20.6. The number of amides is 2. The molecule has 2 amide bonds. The Hall–Kier alpha value is -2.65. The second-order valence-electron chi connectivity index (χ2n) is 10.2. The van der Waals surface area contributed by atoms with Crippen molar-refractivity contribution in [1.29, 1.82) is 0 Å². The zero-order valence-electron chi connectivity index (χ0n) is 21.7. The SMILES string of the molecule is CN[C@@H](C)C(=O)N[C@H](C(=O)N1CCCCC[C@H]1c1nc(C(=O)c2ccc(F)cc2)cs1)C1CCCCC1. The zero-order chi connectivity index (χ0) is 26.4. The molecular weight excluding hydrogens is 491 g/mol. The van der Waals surface area contributed by atoms with Crippen molar-refractivity contribution in [3.05, 3.63) is 51.7 Å². The average molecular weight is 529 g/mol. The number of nitrogens with one attached hydrogen (secondary N) is 2. The fourth-order valence-electron chi connectivity index (χ4n) is 5.36. The molecule has 1 aromatic carbocycles. The van der Waals surface area contributed by atoms with Crippen LogP contribution >= 0.6 is 11.3 Å². The average Bonchev–Trinajstić information content (AvgIpc) is 3.29. The number of likely N-dealkylation sites (tertiary alicyclic amines) is 1. The van der Waals surface area contributed by atoms with Gasteiger partial charge >= 0.3 is 0 Å². The molecule has 1 saturated heterocycles. The van der Waals surface area contributed by atoms with Crippen molar-refractivity contribution in [2.45, 2.75) is 82.8 Å². The van der Waals surface area contributed by atoms with Gasteiger partial charge in [-0.25, -0.2) is 9.37 Å². The van der Waals surface area contributed by atoms with Gasteiger partial charge in [-0.2, -0.15) is 0 Å².